The number of carboxylic acid groups (broad SMARTS) is 1. The number of nitrogens with one attached hydrogen (secondary N) is 1. The van der Waals surface area contributed by atoms with Gasteiger partial charge in [0.25, 0.3) is 5.91 Å². The van der Waals surface area contributed by atoms with Crippen LogP contribution in [-0.4, -0.2) is 32.8 Å². The second-order valence-corrected chi connectivity index (χ2v) is 6.41. The lowest BCUT2D eigenvalue weighted by molar-refractivity contribution is -0.137. The van der Waals surface area contributed by atoms with Gasteiger partial charge in [-0.3, -0.25) is 9.59 Å². The third-order valence-corrected chi connectivity index (χ3v) is 4.40. The first kappa shape index (κ1) is 16.2. The molecule has 0 radical (unpaired) electrons. The summed E-state index contributed by atoms with van der Waals surface area (Å²) in [4.78, 5) is 23.5. The Bertz CT molecular complexity index is 778. The summed E-state index contributed by atoms with van der Waals surface area (Å²) in [6.07, 6.45) is 3.44. The zero-order valence-corrected chi connectivity index (χ0v) is 13.8. The molecule has 1 fully saturated rings. The quantitative estimate of drug-likeness (QED) is 0.853. The second-order valence-electron chi connectivity index (χ2n) is 6.41. The van der Waals surface area contributed by atoms with Gasteiger partial charge in [0.15, 0.2) is 0 Å². The van der Waals surface area contributed by atoms with E-state index >= 15 is 0 Å². The van der Waals surface area contributed by atoms with Gasteiger partial charge in [0.1, 0.15) is 0 Å². The summed E-state index contributed by atoms with van der Waals surface area (Å²) < 4.78 is 1.73. The van der Waals surface area contributed by atoms with E-state index in [-0.39, 0.29) is 24.3 Å². The number of aromatic nitrogens is 2. The molecule has 0 saturated heterocycles. The van der Waals surface area contributed by atoms with Gasteiger partial charge in [-0.15, -0.1) is 0 Å². The Morgan fingerprint density at radius 3 is 2.75 bits per heavy atom. The molecule has 6 heteroatoms. The largest absolute Gasteiger partial charge is 0.481 e. The Labute approximate surface area is 140 Å². The number of hydrogen-bond acceptors (Lipinski definition) is 3. The number of rotatable bonds is 6. The SMILES string of the molecule is Cc1cccc(-n2ncc(C(=O)NC(CC(=O)O)C3CC3)c2C)c1. The maximum absolute atomic E-state index is 12.5. The highest BCUT2D eigenvalue weighted by atomic mass is 16.4. The topological polar surface area (TPSA) is 84.2 Å². The summed E-state index contributed by atoms with van der Waals surface area (Å²) in [5, 5.41) is 16.2. The van der Waals surface area contributed by atoms with Crippen molar-refractivity contribution < 1.29 is 14.7 Å². The zero-order valence-electron chi connectivity index (χ0n) is 13.8. The Balaban J connectivity index is 1.79. The van der Waals surface area contributed by atoms with E-state index < -0.39 is 5.97 Å². The summed E-state index contributed by atoms with van der Waals surface area (Å²) in [6.45, 7) is 3.84. The highest BCUT2D eigenvalue weighted by Crippen LogP contribution is 2.34. The third kappa shape index (κ3) is 3.48. The van der Waals surface area contributed by atoms with Crippen LogP contribution < -0.4 is 5.32 Å². The standard InChI is InChI=1S/C18H21N3O3/c1-11-4-3-5-14(8-11)21-12(2)15(10-19-21)18(24)20-16(9-17(22)23)13-6-7-13/h3-5,8,10,13,16H,6-7,9H2,1-2H3,(H,20,24)(H,22,23). The molecule has 3 rings (SSSR count). The van der Waals surface area contributed by atoms with Crippen molar-refractivity contribution in [3.63, 3.8) is 0 Å². The molecule has 0 spiro atoms. The Morgan fingerprint density at radius 2 is 2.12 bits per heavy atom. The molecule has 1 saturated carbocycles. The van der Waals surface area contributed by atoms with Crippen molar-refractivity contribution in [1.82, 2.24) is 15.1 Å². The van der Waals surface area contributed by atoms with Gasteiger partial charge >= 0.3 is 5.97 Å². The first-order valence-electron chi connectivity index (χ1n) is 8.10. The summed E-state index contributed by atoms with van der Waals surface area (Å²) >= 11 is 0. The van der Waals surface area contributed by atoms with Crippen molar-refractivity contribution in [1.29, 1.82) is 0 Å². The molecule has 2 N–H and O–H groups in total. The molecule has 2 aromatic rings. The number of carbonyl (C=O) groups is 2. The number of benzene rings is 1. The number of carboxylic acids is 1. The van der Waals surface area contributed by atoms with Crippen LogP contribution in [0.3, 0.4) is 0 Å². The molecule has 1 amide bonds. The van der Waals surface area contributed by atoms with Crippen LogP contribution in [0, 0.1) is 19.8 Å². The Morgan fingerprint density at radius 1 is 1.38 bits per heavy atom. The van der Waals surface area contributed by atoms with Gasteiger partial charge in [-0.05, 0) is 50.3 Å². The van der Waals surface area contributed by atoms with E-state index in [9.17, 15) is 9.59 Å². The molecule has 1 atom stereocenters. The number of hydrogen-bond donors (Lipinski definition) is 2. The average molecular weight is 327 g/mol. The molecule has 1 aromatic heterocycles. The third-order valence-electron chi connectivity index (χ3n) is 4.40. The van der Waals surface area contributed by atoms with Crippen LogP contribution in [0.15, 0.2) is 30.5 Å². The maximum atomic E-state index is 12.5. The molecule has 1 aliphatic rings. The fourth-order valence-corrected chi connectivity index (χ4v) is 2.92. The van der Waals surface area contributed by atoms with Crippen LogP contribution in [0.5, 0.6) is 0 Å². The molecule has 6 nitrogen and oxygen atoms in total. The van der Waals surface area contributed by atoms with Gasteiger partial charge in [0.2, 0.25) is 0 Å². The molecular formula is C18H21N3O3. The molecule has 1 aromatic carbocycles. The Hall–Kier alpha value is -2.63. The normalized spacial score (nSPS) is 15.1. The second kappa shape index (κ2) is 6.47. The van der Waals surface area contributed by atoms with Crippen molar-refractivity contribution in [3.05, 3.63) is 47.3 Å². The van der Waals surface area contributed by atoms with Gasteiger partial charge in [-0.2, -0.15) is 5.10 Å². The van der Waals surface area contributed by atoms with Crippen LogP contribution in [0.25, 0.3) is 5.69 Å². The average Bonchev–Trinajstić information content (AvgIpc) is 3.29. The molecule has 1 unspecified atom stereocenters. The zero-order chi connectivity index (χ0) is 17.3. The molecule has 1 heterocycles. The molecule has 0 aliphatic heterocycles. The van der Waals surface area contributed by atoms with Crippen molar-refractivity contribution >= 4 is 11.9 Å². The lowest BCUT2D eigenvalue weighted by atomic mass is 10.1. The van der Waals surface area contributed by atoms with Gasteiger partial charge in [0.05, 0.1) is 29.6 Å². The van der Waals surface area contributed by atoms with Gasteiger partial charge < -0.3 is 10.4 Å². The predicted molar refractivity (Wildman–Crippen MR) is 89.3 cm³/mol. The smallest absolute Gasteiger partial charge is 0.305 e. The van der Waals surface area contributed by atoms with Crippen LogP contribution in [0.4, 0.5) is 0 Å². The summed E-state index contributed by atoms with van der Waals surface area (Å²) in [7, 11) is 0. The fraction of sp³-hybridized carbons (Fsp3) is 0.389. The highest BCUT2D eigenvalue weighted by molar-refractivity contribution is 5.95. The van der Waals surface area contributed by atoms with Crippen molar-refractivity contribution in [2.75, 3.05) is 0 Å². The number of nitrogens with zero attached hydrogens (tertiary/aromatic N) is 2. The molecule has 0 bridgehead atoms. The van der Waals surface area contributed by atoms with E-state index in [4.69, 9.17) is 5.11 Å². The van der Waals surface area contributed by atoms with Crippen LogP contribution in [0.2, 0.25) is 0 Å². The van der Waals surface area contributed by atoms with Gasteiger partial charge in [0, 0.05) is 6.04 Å². The molecule has 24 heavy (non-hydrogen) atoms. The Kier molecular flexibility index (Phi) is 4.38. The minimum absolute atomic E-state index is 0.0402. The van der Waals surface area contributed by atoms with E-state index in [2.05, 4.69) is 10.4 Å². The van der Waals surface area contributed by atoms with Crippen molar-refractivity contribution in [2.24, 2.45) is 5.92 Å². The minimum atomic E-state index is -0.889. The van der Waals surface area contributed by atoms with E-state index in [1.165, 1.54) is 6.20 Å². The summed E-state index contributed by atoms with van der Waals surface area (Å²) in [5.74, 6) is -0.874. The molecule has 1 aliphatic carbocycles. The number of carbonyl (C=O) groups excluding carboxylic acids is 1. The van der Waals surface area contributed by atoms with E-state index in [0.717, 1.165) is 29.8 Å². The summed E-state index contributed by atoms with van der Waals surface area (Å²) in [6, 6.07) is 7.58. The molecule has 126 valence electrons. The number of aryl methyl sites for hydroxylation is 1. The van der Waals surface area contributed by atoms with Crippen LogP contribution in [0.1, 0.15) is 40.9 Å². The first-order valence-corrected chi connectivity index (χ1v) is 8.10. The first-order chi connectivity index (χ1) is 11.5. The van der Waals surface area contributed by atoms with Crippen molar-refractivity contribution in [2.45, 2.75) is 39.2 Å². The minimum Gasteiger partial charge on any atom is -0.481 e. The van der Waals surface area contributed by atoms with Crippen LogP contribution >= 0.6 is 0 Å². The maximum Gasteiger partial charge on any atom is 0.305 e. The van der Waals surface area contributed by atoms with E-state index in [1.54, 1.807) is 4.68 Å². The predicted octanol–water partition coefficient (Wildman–Crippen LogP) is 2.47. The fourth-order valence-electron chi connectivity index (χ4n) is 2.92. The monoisotopic (exact) mass is 327 g/mol. The lowest BCUT2D eigenvalue weighted by Crippen LogP contribution is -2.38. The highest BCUT2D eigenvalue weighted by Gasteiger charge is 2.34. The van der Waals surface area contributed by atoms with Gasteiger partial charge in [-0.25, -0.2) is 4.68 Å². The van der Waals surface area contributed by atoms with E-state index in [0.29, 0.717) is 5.56 Å². The van der Waals surface area contributed by atoms with Crippen LogP contribution in [-0.2, 0) is 4.79 Å². The lowest BCUT2D eigenvalue weighted by Gasteiger charge is -2.16. The van der Waals surface area contributed by atoms with Gasteiger partial charge in [-0.1, -0.05) is 12.1 Å². The molecular weight excluding hydrogens is 306 g/mol. The summed E-state index contributed by atoms with van der Waals surface area (Å²) in [5.41, 5.74) is 3.23. The number of aliphatic carboxylic acids is 1. The number of amides is 1. The van der Waals surface area contributed by atoms with Crippen molar-refractivity contribution in [3.8, 4) is 5.69 Å². The van der Waals surface area contributed by atoms with E-state index in [1.807, 2.05) is 38.1 Å².